The Labute approximate surface area is 272 Å². The maximum absolute atomic E-state index is 14.5. The normalized spacial score (nSPS) is 17.4. The van der Waals surface area contributed by atoms with Crippen LogP contribution in [0.15, 0.2) is 131 Å². The van der Waals surface area contributed by atoms with E-state index in [4.69, 9.17) is 4.74 Å². The number of rotatable bonds is 10. The molecule has 1 heterocycles. The number of ether oxygens (including phenoxy) is 1. The maximum Gasteiger partial charge on any atom is 0.410 e. The van der Waals surface area contributed by atoms with Crippen molar-refractivity contribution < 1.29 is 26.4 Å². The van der Waals surface area contributed by atoms with Crippen LogP contribution < -0.4 is 0 Å². The number of carbonyl (C=O) groups excluding carboxylic acids is 1. The van der Waals surface area contributed by atoms with Gasteiger partial charge in [-0.3, -0.25) is 0 Å². The Hall–Kier alpha value is -4.03. The van der Waals surface area contributed by atoms with Crippen molar-refractivity contribution in [3.05, 3.63) is 132 Å². The van der Waals surface area contributed by atoms with E-state index in [9.17, 15) is 21.6 Å². The molecule has 46 heavy (non-hydrogen) atoms. The standard InChI is InChI=1S/C35H39N3O6S2/c1-35(2,3)44-34(39)36-26-32(37(24-28-16-8-4-9-17-28)45(40,41)30-20-12-6-13-21-30)33(27-36)38(25-29-18-10-5-11-19-29)46(42,43)31-22-14-7-15-23-31/h4-23,32-33H,24-27H2,1-3H3/t32-,33-/m0/s1. The maximum atomic E-state index is 14.5. The smallest absolute Gasteiger partial charge is 0.410 e. The van der Waals surface area contributed by atoms with E-state index >= 15 is 0 Å². The Morgan fingerprint density at radius 1 is 0.630 bits per heavy atom. The Morgan fingerprint density at radius 2 is 0.957 bits per heavy atom. The second kappa shape index (κ2) is 13.8. The van der Waals surface area contributed by atoms with Crippen LogP contribution in [0.1, 0.15) is 31.9 Å². The van der Waals surface area contributed by atoms with E-state index < -0.39 is 43.8 Å². The zero-order valence-corrected chi connectivity index (χ0v) is 27.8. The number of sulfonamides is 2. The van der Waals surface area contributed by atoms with Crippen molar-refractivity contribution in [3.8, 4) is 0 Å². The minimum Gasteiger partial charge on any atom is -0.444 e. The van der Waals surface area contributed by atoms with Gasteiger partial charge in [0.05, 0.1) is 21.9 Å². The van der Waals surface area contributed by atoms with Crippen molar-refractivity contribution >= 4 is 26.1 Å². The fourth-order valence-corrected chi connectivity index (χ4v) is 8.86. The largest absolute Gasteiger partial charge is 0.444 e. The van der Waals surface area contributed by atoms with Crippen LogP contribution in [0.25, 0.3) is 0 Å². The minimum atomic E-state index is -4.18. The average molecular weight is 662 g/mol. The average Bonchev–Trinajstić information content (AvgIpc) is 3.48. The topological polar surface area (TPSA) is 104 Å². The van der Waals surface area contributed by atoms with Gasteiger partial charge in [0.15, 0.2) is 0 Å². The lowest BCUT2D eigenvalue weighted by atomic mass is 10.1. The Balaban J connectivity index is 1.68. The number of carbonyl (C=O) groups is 1. The first-order valence-electron chi connectivity index (χ1n) is 15.1. The van der Waals surface area contributed by atoms with Gasteiger partial charge in [-0.1, -0.05) is 97.1 Å². The summed E-state index contributed by atoms with van der Waals surface area (Å²) in [7, 11) is -8.37. The number of amides is 1. The highest BCUT2D eigenvalue weighted by atomic mass is 32.2. The van der Waals surface area contributed by atoms with E-state index in [1.54, 1.807) is 57.2 Å². The van der Waals surface area contributed by atoms with Gasteiger partial charge in [0.1, 0.15) is 5.60 Å². The van der Waals surface area contributed by atoms with Gasteiger partial charge in [-0.2, -0.15) is 8.61 Å². The van der Waals surface area contributed by atoms with Crippen molar-refractivity contribution in [3.63, 3.8) is 0 Å². The van der Waals surface area contributed by atoms with Gasteiger partial charge in [-0.15, -0.1) is 0 Å². The molecule has 1 aliphatic rings. The summed E-state index contributed by atoms with van der Waals surface area (Å²) in [5, 5.41) is 0. The summed E-state index contributed by atoms with van der Waals surface area (Å²) in [6, 6.07) is 32.5. The molecule has 1 amide bonds. The monoisotopic (exact) mass is 661 g/mol. The fourth-order valence-electron chi connectivity index (χ4n) is 5.55. The highest BCUT2D eigenvalue weighted by molar-refractivity contribution is 7.89. The summed E-state index contributed by atoms with van der Waals surface area (Å²) < 4.78 is 66.4. The highest BCUT2D eigenvalue weighted by Gasteiger charge is 2.49. The molecule has 11 heteroatoms. The molecule has 9 nitrogen and oxygen atoms in total. The summed E-state index contributed by atoms with van der Waals surface area (Å²) in [6.45, 7) is 5.03. The summed E-state index contributed by atoms with van der Waals surface area (Å²) in [6.07, 6.45) is -0.645. The third-order valence-corrected chi connectivity index (χ3v) is 11.5. The molecule has 1 aliphatic heterocycles. The van der Waals surface area contributed by atoms with E-state index in [2.05, 4.69) is 0 Å². The predicted molar refractivity (Wildman–Crippen MR) is 177 cm³/mol. The molecular weight excluding hydrogens is 623 g/mol. The summed E-state index contributed by atoms with van der Waals surface area (Å²) in [5.74, 6) is 0. The molecule has 0 unspecified atom stereocenters. The first kappa shape index (κ1) is 33.3. The molecule has 1 saturated heterocycles. The van der Waals surface area contributed by atoms with Gasteiger partial charge in [0.25, 0.3) is 0 Å². The molecule has 242 valence electrons. The van der Waals surface area contributed by atoms with E-state index in [1.807, 2.05) is 60.7 Å². The Kier molecular flexibility index (Phi) is 9.97. The molecule has 4 aromatic rings. The lowest BCUT2D eigenvalue weighted by molar-refractivity contribution is 0.0281. The van der Waals surface area contributed by atoms with Crippen molar-refractivity contribution in [2.45, 2.75) is 61.3 Å². The summed E-state index contributed by atoms with van der Waals surface area (Å²) in [5.41, 5.74) is 0.624. The Morgan fingerprint density at radius 3 is 1.28 bits per heavy atom. The van der Waals surface area contributed by atoms with Crippen LogP contribution in [0.4, 0.5) is 4.79 Å². The summed E-state index contributed by atoms with van der Waals surface area (Å²) in [4.78, 5) is 15.1. The second-order valence-electron chi connectivity index (χ2n) is 12.2. The SMILES string of the molecule is CC(C)(C)OC(=O)N1C[C@H](N(Cc2ccccc2)S(=O)(=O)c2ccccc2)[C@@H](N(Cc2ccccc2)S(=O)(=O)c2ccccc2)C1. The predicted octanol–water partition coefficient (Wildman–Crippen LogP) is 5.76. The van der Waals surface area contributed by atoms with Crippen LogP contribution in [0, 0.1) is 0 Å². The van der Waals surface area contributed by atoms with E-state index in [0.29, 0.717) is 0 Å². The second-order valence-corrected chi connectivity index (χ2v) is 16.0. The number of nitrogens with zero attached hydrogens (tertiary/aromatic N) is 3. The van der Waals surface area contributed by atoms with Gasteiger partial charge < -0.3 is 9.64 Å². The Bertz CT molecular complexity index is 1690. The van der Waals surface area contributed by atoms with E-state index in [1.165, 1.54) is 37.8 Å². The molecule has 0 saturated carbocycles. The van der Waals surface area contributed by atoms with Gasteiger partial charge in [0, 0.05) is 26.2 Å². The lowest BCUT2D eigenvalue weighted by Crippen LogP contribution is -2.54. The molecular formula is C35H39N3O6S2. The van der Waals surface area contributed by atoms with Crippen LogP contribution in [0.3, 0.4) is 0 Å². The highest BCUT2D eigenvalue weighted by Crippen LogP contribution is 2.33. The van der Waals surface area contributed by atoms with Crippen molar-refractivity contribution in [2.75, 3.05) is 13.1 Å². The van der Waals surface area contributed by atoms with Crippen LogP contribution in [-0.2, 0) is 37.9 Å². The van der Waals surface area contributed by atoms with Crippen molar-refractivity contribution in [1.82, 2.24) is 13.5 Å². The number of benzene rings is 4. The molecule has 0 radical (unpaired) electrons. The molecule has 0 aromatic heterocycles. The number of likely N-dealkylation sites (tertiary alicyclic amines) is 1. The van der Waals surface area contributed by atoms with Crippen molar-refractivity contribution in [2.24, 2.45) is 0 Å². The molecule has 0 aliphatic carbocycles. The van der Waals surface area contributed by atoms with Crippen LogP contribution in [-0.4, -0.2) is 67.2 Å². The number of hydrogen-bond acceptors (Lipinski definition) is 6. The molecule has 5 rings (SSSR count). The van der Waals surface area contributed by atoms with Gasteiger partial charge in [0.2, 0.25) is 20.0 Å². The van der Waals surface area contributed by atoms with Gasteiger partial charge in [-0.05, 0) is 56.2 Å². The van der Waals surface area contributed by atoms with Crippen LogP contribution in [0.2, 0.25) is 0 Å². The fraction of sp³-hybridized carbons (Fsp3) is 0.286. The molecule has 4 aromatic carbocycles. The molecule has 0 bridgehead atoms. The molecule has 0 spiro atoms. The lowest BCUT2D eigenvalue weighted by Gasteiger charge is -2.36. The summed E-state index contributed by atoms with van der Waals surface area (Å²) >= 11 is 0. The van der Waals surface area contributed by atoms with E-state index in [-0.39, 0.29) is 36.0 Å². The molecule has 1 fully saturated rings. The van der Waals surface area contributed by atoms with Gasteiger partial charge >= 0.3 is 6.09 Å². The molecule has 0 N–H and O–H groups in total. The van der Waals surface area contributed by atoms with Crippen LogP contribution >= 0.6 is 0 Å². The third kappa shape index (κ3) is 7.67. The zero-order valence-electron chi connectivity index (χ0n) is 26.1. The van der Waals surface area contributed by atoms with E-state index in [0.717, 1.165) is 11.1 Å². The molecule has 2 atom stereocenters. The quantitative estimate of drug-likeness (QED) is 0.214. The first-order chi connectivity index (χ1) is 21.9. The third-order valence-electron chi connectivity index (χ3n) is 7.71. The first-order valence-corrected chi connectivity index (χ1v) is 17.9. The zero-order chi connectivity index (χ0) is 33.0. The number of hydrogen-bond donors (Lipinski definition) is 0. The minimum absolute atomic E-state index is 0.0358. The van der Waals surface area contributed by atoms with Crippen LogP contribution in [0.5, 0.6) is 0 Å². The van der Waals surface area contributed by atoms with Crippen molar-refractivity contribution in [1.29, 1.82) is 0 Å². The van der Waals surface area contributed by atoms with Gasteiger partial charge in [-0.25, -0.2) is 21.6 Å².